The summed E-state index contributed by atoms with van der Waals surface area (Å²) in [6.07, 6.45) is 5.60. The molecule has 2 rings (SSSR count). The standard InChI is InChI=1S/C16H23N5.HI/c1-13(2)20-16(17-3)19-10-14-4-6-15(7-5-14)11-21-9-8-18-12-21;/h4-9,12-13H,10-11H2,1-3H3,(H2,17,19,20);1H. The molecule has 5 nitrogen and oxygen atoms in total. The van der Waals surface area contributed by atoms with Crippen molar-refractivity contribution in [1.29, 1.82) is 0 Å². The molecule has 0 unspecified atom stereocenters. The van der Waals surface area contributed by atoms with Crippen molar-refractivity contribution < 1.29 is 0 Å². The van der Waals surface area contributed by atoms with Crippen LogP contribution in [0.4, 0.5) is 0 Å². The van der Waals surface area contributed by atoms with Crippen molar-refractivity contribution >= 4 is 29.9 Å². The van der Waals surface area contributed by atoms with Gasteiger partial charge < -0.3 is 15.2 Å². The molecule has 0 saturated heterocycles. The first kappa shape index (κ1) is 18.5. The second-order valence-corrected chi connectivity index (χ2v) is 5.28. The molecule has 0 saturated carbocycles. The average molecular weight is 413 g/mol. The number of hydrogen-bond donors (Lipinski definition) is 2. The van der Waals surface area contributed by atoms with Crippen LogP contribution in [0.3, 0.4) is 0 Å². The van der Waals surface area contributed by atoms with Crippen LogP contribution in [-0.4, -0.2) is 28.6 Å². The Morgan fingerprint density at radius 3 is 2.45 bits per heavy atom. The maximum Gasteiger partial charge on any atom is 0.191 e. The molecule has 0 amide bonds. The van der Waals surface area contributed by atoms with E-state index in [1.54, 1.807) is 13.2 Å². The summed E-state index contributed by atoms with van der Waals surface area (Å²) in [7, 11) is 1.78. The monoisotopic (exact) mass is 413 g/mol. The summed E-state index contributed by atoms with van der Waals surface area (Å²) in [6, 6.07) is 8.95. The molecule has 1 aromatic carbocycles. The van der Waals surface area contributed by atoms with Gasteiger partial charge in [0.05, 0.1) is 6.33 Å². The minimum Gasteiger partial charge on any atom is -0.354 e. The van der Waals surface area contributed by atoms with Crippen LogP contribution in [0.1, 0.15) is 25.0 Å². The van der Waals surface area contributed by atoms with Gasteiger partial charge in [-0.3, -0.25) is 4.99 Å². The largest absolute Gasteiger partial charge is 0.354 e. The molecule has 6 heteroatoms. The highest BCUT2D eigenvalue weighted by Crippen LogP contribution is 2.06. The summed E-state index contributed by atoms with van der Waals surface area (Å²) in [6.45, 7) is 5.80. The Morgan fingerprint density at radius 1 is 1.23 bits per heavy atom. The Balaban J connectivity index is 0.00000242. The smallest absolute Gasteiger partial charge is 0.191 e. The fourth-order valence-corrected chi connectivity index (χ4v) is 2.01. The van der Waals surface area contributed by atoms with Crippen LogP contribution in [0.5, 0.6) is 0 Å². The molecule has 0 aliphatic heterocycles. The van der Waals surface area contributed by atoms with Gasteiger partial charge in [-0.25, -0.2) is 4.98 Å². The second-order valence-electron chi connectivity index (χ2n) is 5.28. The van der Waals surface area contributed by atoms with E-state index in [2.05, 4.69) is 63.3 Å². The van der Waals surface area contributed by atoms with Crippen molar-refractivity contribution in [3.63, 3.8) is 0 Å². The number of halogens is 1. The number of hydrogen-bond acceptors (Lipinski definition) is 2. The van der Waals surface area contributed by atoms with Gasteiger partial charge in [-0.15, -0.1) is 24.0 Å². The van der Waals surface area contributed by atoms with Crippen molar-refractivity contribution in [2.75, 3.05) is 7.05 Å². The number of benzene rings is 1. The highest BCUT2D eigenvalue weighted by Gasteiger charge is 2.01. The molecule has 0 aliphatic carbocycles. The average Bonchev–Trinajstić information content (AvgIpc) is 2.97. The lowest BCUT2D eigenvalue weighted by Gasteiger charge is -2.14. The van der Waals surface area contributed by atoms with E-state index >= 15 is 0 Å². The molecule has 2 aromatic rings. The summed E-state index contributed by atoms with van der Waals surface area (Å²) in [5.74, 6) is 0.826. The third-order valence-corrected chi connectivity index (χ3v) is 3.06. The van der Waals surface area contributed by atoms with E-state index in [1.807, 2.05) is 12.5 Å². The van der Waals surface area contributed by atoms with Gasteiger partial charge in [0, 0.05) is 38.6 Å². The molecule has 0 bridgehead atoms. The zero-order valence-electron chi connectivity index (χ0n) is 13.3. The first-order chi connectivity index (χ1) is 10.2. The highest BCUT2D eigenvalue weighted by atomic mass is 127. The number of nitrogens with one attached hydrogen (secondary N) is 2. The molecule has 22 heavy (non-hydrogen) atoms. The Labute approximate surface area is 149 Å². The predicted molar refractivity (Wildman–Crippen MR) is 102 cm³/mol. The van der Waals surface area contributed by atoms with Gasteiger partial charge in [0.15, 0.2) is 5.96 Å². The lowest BCUT2D eigenvalue weighted by atomic mass is 10.1. The molecule has 1 aromatic heterocycles. The molecule has 120 valence electrons. The lowest BCUT2D eigenvalue weighted by molar-refractivity contribution is 0.699. The van der Waals surface area contributed by atoms with Crippen molar-refractivity contribution in [1.82, 2.24) is 20.2 Å². The van der Waals surface area contributed by atoms with Gasteiger partial charge >= 0.3 is 0 Å². The van der Waals surface area contributed by atoms with Crippen LogP contribution in [0.15, 0.2) is 48.0 Å². The molecular weight excluding hydrogens is 389 g/mol. The van der Waals surface area contributed by atoms with Gasteiger partial charge in [-0.1, -0.05) is 24.3 Å². The van der Waals surface area contributed by atoms with Crippen molar-refractivity contribution in [3.05, 3.63) is 54.1 Å². The summed E-state index contributed by atoms with van der Waals surface area (Å²) >= 11 is 0. The topological polar surface area (TPSA) is 54.2 Å². The minimum atomic E-state index is 0. The van der Waals surface area contributed by atoms with Gasteiger partial charge in [0.2, 0.25) is 0 Å². The first-order valence-electron chi connectivity index (χ1n) is 7.18. The van der Waals surface area contributed by atoms with Crippen molar-refractivity contribution in [2.45, 2.75) is 33.0 Å². The van der Waals surface area contributed by atoms with Crippen molar-refractivity contribution in [3.8, 4) is 0 Å². The molecule has 2 N–H and O–H groups in total. The summed E-state index contributed by atoms with van der Waals surface area (Å²) in [5, 5.41) is 6.58. The van der Waals surface area contributed by atoms with E-state index in [9.17, 15) is 0 Å². The Hall–Kier alpha value is -1.57. The number of imidazole rings is 1. The normalized spacial score (nSPS) is 11.2. The van der Waals surface area contributed by atoms with Crippen LogP contribution >= 0.6 is 24.0 Å². The van der Waals surface area contributed by atoms with E-state index in [0.717, 1.165) is 19.0 Å². The van der Waals surface area contributed by atoms with Gasteiger partial charge in [-0.05, 0) is 25.0 Å². The van der Waals surface area contributed by atoms with Crippen LogP contribution in [-0.2, 0) is 13.1 Å². The molecule has 1 heterocycles. The molecule has 0 spiro atoms. The zero-order chi connectivity index (χ0) is 15.1. The number of guanidine groups is 1. The Bertz CT molecular complexity index is 561. The van der Waals surface area contributed by atoms with E-state index in [4.69, 9.17) is 0 Å². The summed E-state index contributed by atoms with van der Waals surface area (Å²) in [4.78, 5) is 8.25. The molecule has 0 atom stereocenters. The number of aromatic nitrogens is 2. The fraction of sp³-hybridized carbons (Fsp3) is 0.375. The number of nitrogens with zero attached hydrogens (tertiary/aromatic N) is 3. The minimum absolute atomic E-state index is 0. The highest BCUT2D eigenvalue weighted by molar-refractivity contribution is 14.0. The van der Waals surface area contributed by atoms with Crippen LogP contribution < -0.4 is 10.6 Å². The molecule has 0 fully saturated rings. The van der Waals surface area contributed by atoms with Crippen LogP contribution in [0, 0.1) is 0 Å². The van der Waals surface area contributed by atoms with Gasteiger partial charge in [-0.2, -0.15) is 0 Å². The number of aliphatic imine (C=N–C) groups is 1. The summed E-state index contributed by atoms with van der Waals surface area (Å²) < 4.78 is 2.06. The molecule has 0 radical (unpaired) electrons. The third kappa shape index (κ3) is 6.05. The van der Waals surface area contributed by atoms with Crippen LogP contribution in [0.2, 0.25) is 0 Å². The lowest BCUT2D eigenvalue weighted by Crippen LogP contribution is -2.40. The SMILES string of the molecule is CN=C(NCc1ccc(Cn2ccnc2)cc1)NC(C)C.I. The van der Waals surface area contributed by atoms with Gasteiger partial charge in [0.25, 0.3) is 0 Å². The van der Waals surface area contributed by atoms with Gasteiger partial charge in [0.1, 0.15) is 0 Å². The maximum atomic E-state index is 4.19. The third-order valence-electron chi connectivity index (χ3n) is 3.06. The Kier molecular flexibility index (Phi) is 7.94. The first-order valence-corrected chi connectivity index (χ1v) is 7.18. The predicted octanol–water partition coefficient (Wildman–Crippen LogP) is 2.62. The van der Waals surface area contributed by atoms with E-state index in [-0.39, 0.29) is 24.0 Å². The molecular formula is C16H24IN5. The van der Waals surface area contributed by atoms with E-state index in [1.165, 1.54) is 11.1 Å². The number of rotatable bonds is 5. The maximum absolute atomic E-state index is 4.19. The fourth-order valence-electron chi connectivity index (χ4n) is 2.01. The zero-order valence-corrected chi connectivity index (χ0v) is 15.6. The molecule has 0 aliphatic rings. The van der Waals surface area contributed by atoms with E-state index < -0.39 is 0 Å². The Morgan fingerprint density at radius 2 is 1.91 bits per heavy atom. The summed E-state index contributed by atoms with van der Waals surface area (Å²) in [5.41, 5.74) is 2.50. The quantitative estimate of drug-likeness (QED) is 0.450. The van der Waals surface area contributed by atoms with Crippen molar-refractivity contribution in [2.24, 2.45) is 4.99 Å². The van der Waals surface area contributed by atoms with Crippen LogP contribution in [0.25, 0.3) is 0 Å². The second kappa shape index (κ2) is 9.45. The van der Waals surface area contributed by atoms with E-state index in [0.29, 0.717) is 6.04 Å².